The molecule has 0 bridgehead atoms. The van der Waals surface area contributed by atoms with Crippen LogP contribution >= 0.6 is 23.2 Å². The lowest BCUT2D eigenvalue weighted by molar-refractivity contribution is 0.425. The van der Waals surface area contributed by atoms with Gasteiger partial charge in [-0.05, 0) is 18.2 Å². The monoisotopic (exact) mass is 331 g/mol. The molecular formula is C12H11Cl2N3O2S. The van der Waals surface area contributed by atoms with Gasteiger partial charge in [0.05, 0.1) is 17.2 Å². The van der Waals surface area contributed by atoms with E-state index < -0.39 is 10.0 Å². The van der Waals surface area contributed by atoms with Crippen molar-refractivity contribution in [3.8, 4) is 12.1 Å². The van der Waals surface area contributed by atoms with Crippen molar-refractivity contribution in [2.45, 2.75) is 17.7 Å². The van der Waals surface area contributed by atoms with E-state index in [-0.39, 0.29) is 40.9 Å². The second kappa shape index (κ2) is 7.47. The molecule has 0 amide bonds. The van der Waals surface area contributed by atoms with Crippen LogP contribution in [-0.4, -0.2) is 25.8 Å². The van der Waals surface area contributed by atoms with Gasteiger partial charge < -0.3 is 0 Å². The van der Waals surface area contributed by atoms with Gasteiger partial charge in [-0.15, -0.1) is 0 Å². The van der Waals surface area contributed by atoms with Crippen LogP contribution in [-0.2, 0) is 10.0 Å². The molecule has 0 aromatic heterocycles. The van der Waals surface area contributed by atoms with Crippen molar-refractivity contribution < 1.29 is 8.42 Å². The van der Waals surface area contributed by atoms with Gasteiger partial charge in [-0.25, -0.2) is 8.42 Å². The number of rotatable bonds is 6. The minimum Gasteiger partial charge on any atom is -0.207 e. The van der Waals surface area contributed by atoms with Crippen LogP contribution in [0.5, 0.6) is 0 Å². The Morgan fingerprint density at radius 1 is 1.10 bits per heavy atom. The highest BCUT2D eigenvalue weighted by Crippen LogP contribution is 2.27. The van der Waals surface area contributed by atoms with E-state index >= 15 is 0 Å². The summed E-state index contributed by atoms with van der Waals surface area (Å²) in [7, 11) is -3.88. The summed E-state index contributed by atoms with van der Waals surface area (Å²) in [6, 6.07) is 7.88. The molecular weight excluding hydrogens is 321 g/mol. The molecule has 106 valence electrons. The predicted molar refractivity (Wildman–Crippen MR) is 75.7 cm³/mol. The van der Waals surface area contributed by atoms with E-state index in [4.69, 9.17) is 33.7 Å². The number of nitrogens with zero attached hydrogens (tertiary/aromatic N) is 3. The minimum absolute atomic E-state index is 0.00333. The maximum absolute atomic E-state index is 12.5. The average molecular weight is 332 g/mol. The van der Waals surface area contributed by atoms with Gasteiger partial charge in [-0.3, -0.25) is 0 Å². The SMILES string of the molecule is N#CCCN(CCC#N)S(=O)(=O)c1cc(Cl)ccc1Cl. The fourth-order valence-corrected chi connectivity index (χ4v) is 3.69. The van der Waals surface area contributed by atoms with Gasteiger partial charge >= 0.3 is 0 Å². The van der Waals surface area contributed by atoms with E-state index in [1.54, 1.807) is 0 Å². The standard InChI is InChI=1S/C12H11Cl2N3O2S/c13-10-3-4-11(14)12(9-10)20(18,19)17(7-1-5-15)8-2-6-16/h3-4,9H,1-2,7-8H2. The summed E-state index contributed by atoms with van der Waals surface area (Å²) in [6.07, 6.45) is 0.0612. The lowest BCUT2D eigenvalue weighted by Gasteiger charge is -2.20. The highest BCUT2D eigenvalue weighted by Gasteiger charge is 2.26. The zero-order valence-corrected chi connectivity index (χ0v) is 12.7. The largest absolute Gasteiger partial charge is 0.244 e. The molecule has 0 N–H and O–H groups in total. The maximum Gasteiger partial charge on any atom is 0.244 e. The lowest BCUT2D eigenvalue weighted by atomic mass is 10.4. The summed E-state index contributed by atoms with van der Waals surface area (Å²) < 4.78 is 26.0. The third kappa shape index (κ3) is 4.09. The van der Waals surface area contributed by atoms with Gasteiger partial charge in [0, 0.05) is 31.0 Å². The molecule has 0 radical (unpaired) electrons. The Morgan fingerprint density at radius 2 is 1.65 bits per heavy atom. The molecule has 20 heavy (non-hydrogen) atoms. The number of hydrogen-bond donors (Lipinski definition) is 0. The lowest BCUT2D eigenvalue weighted by Crippen LogP contribution is -2.33. The second-order valence-electron chi connectivity index (χ2n) is 3.80. The molecule has 0 aliphatic carbocycles. The molecule has 1 rings (SSSR count). The summed E-state index contributed by atoms with van der Waals surface area (Å²) in [5.74, 6) is 0. The summed E-state index contributed by atoms with van der Waals surface area (Å²) >= 11 is 11.7. The molecule has 0 saturated heterocycles. The Kier molecular flexibility index (Phi) is 6.25. The fourth-order valence-electron chi connectivity index (χ4n) is 1.52. The molecule has 0 aliphatic heterocycles. The Hall–Kier alpha value is -1.31. The van der Waals surface area contributed by atoms with E-state index in [1.165, 1.54) is 18.2 Å². The number of nitriles is 2. The number of halogens is 2. The van der Waals surface area contributed by atoms with E-state index in [1.807, 2.05) is 12.1 Å². The zero-order valence-electron chi connectivity index (χ0n) is 10.4. The quantitative estimate of drug-likeness (QED) is 0.802. The van der Waals surface area contributed by atoms with Gasteiger partial charge in [0.2, 0.25) is 10.0 Å². The highest BCUT2D eigenvalue weighted by atomic mass is 35.5. The van der Waals surface area contributed by atoms with Crippen LogP contribution in [0, 0.1) is 22.7 Å². The summed E-state index contributed by atoms with van der Waals surface area (Å²) in [5, 5.41) is 17.5. The first-order valence-electron chi connectivity index (χ1n) is 5.62. The Morgan fingerprint density at radius 3 is 2.15 bits per heavy atom. The summed E-state index contributed by atoms with van der Waals surface area (Å²) in [4.78, 5) is -0.123. The zero-order chi connectivity index (χ0) is 15.2. The van der Waals surface area contributed by atoms with Crippen LogP contribution in [0.25, 0.3) is 0 Å². The Bertz CT molecular complexity index is 644. The van der Waals surface area contributed by atoms with Crippen molar-refractivity contribution in [3.05, 3.63) is 28.2 Å². The minimum atomic E-state index is -3.88. The molecule has 8 heteroatoms. The van der Waals surface area contributed by atoms with Gasteiger partial charge in [0.25, 0.3) is 0 Å². The van der Waals surface area contributed by atoms with Crippen LogP contribution in [0.3, 0.4) is 0 Å². The predicted octanol–water partition coefficient (Wildman–Crippen LogP) is 2.81. The van der Waals surface area contributed by atoms with Crippen molar-refractivity contribution in [2.24, 2.45) is 0 Å². The first kappa shape index (κ1) is 16.7. The van der Waals surface area contributed by atoms with E-state index in [0.717, 1.165) is 4.31 Å². The first-order chi connectivity index (χ1) is 9.43. The van der Waals surface area contributed by atoms with Gasteiger partial charge in [0.15, 0.2) is 0 Å². The third-order valence-electron chi connectivity index (χ3n) is 2.46. The van der Waals surface area contributed by atoms with Crippen molar-refractivity contribution in [1.82, 2.24) is 4.31 Å². The van der Waals surface area contributed by atoms with E-state index in [2.05, 4.69) is 0 Å². The smallest absolute Gasteiger partial charge is 0.207 e. The highest BCUT2D eigenvalue weighted by molar-refractivity contribution is 7.89. The molecule has 0 fully saturated rings. The molecule has 5 nitrogen and oxygen atoms in total. The van der Waals surface area contributed by atoms with Crippen LogP contribution < -0.4 is 0 Å². The molecule has 0 unspecified atom stereocenters. The first-order valence-corrected chi connectivity index (χ1v) is 7.82. The number of sulfonamides is 1. The maximum atomic E-state index is 12.5. The van der Waals surface area contributed by atoms with Gasteiger partial charge in [-0.1, -0.05) is 23.2 Å². The van der Waals surface area contributed by atoms with Crippen LogP contribution in [0.4, 0.5) is 0 Å². The van der Waals surface area contributed by atoms with Crippen molar-refractivity contribution >= 4 is 33.2 Å². The second-order valence-corrected chi connectivity index (χ2v) is 6.55. The molecule has 0 aliphatic rings. The van der Waals surface area contributed by atoms with E-state index in [9.17, 15) is 8.42 Å². The van der Waals surface area contributed by atoms with Gasteiger partial charge in [0.1, 0.15) is 4.90 Å². The number of benzene rings is 1. The molecule has 0 saturated carbocycles. The normalized spacial score (nSPS) is 11.1. The molecule has 1 aromatic rings. The van der Waals surface area contributed by atoms with Crippen molar-refractivity contribution in [2.75, 3.05) is 13.1 Å². The van der Waals surface area contributed by atoms with Crippen molar-refractivity contribution in [1.29, 1.82) is 10.5 Å². The molecule has 0 atom stereocenters. The fraction of sp³-hybridized carbons (Fsp3) is 0.333. The van der Waals surface area contributed by atoms with Crippen LogP contribution in [0.2, 0.25) is 10.0 Å². The molecule has 0 spiro atoms. The molecule has 1 aromatic carbocycles. The summed E-state index contributed by atoms with van der Waals surface area (Å²) in [5.41, 5.74) is 0. The van der Waals surface area contributed by atoms with Gasteiger partial charge in [-0.2, -0.15) is 14.8 Å². The Balaban J connectivity index is 3.18. The third-order valence-corrected chi connectivity index (χ3v) is 5.07. The van der Waals surface area contributed by atoms with E-state index in [0.29, 0.717) is 0 Å². The van der Waals surface area contributed by atoms with Crippen molar-refractivity contribution in [3.63, 3.8) is 0 Å². The topological polar surface area (TPSA) is 85.0 Å². The number of hydrogen-bond acceptors (Lipinski definition) is 4. The average Bonchev–Trinajstić information content (AvgIpc) is 2.41. The summed E-state index contributed by atoms with van der Waals surface area (Å²) in [6.45, 7) is 0.00666. The van der Waals surface area contributed by atoms with Crippen LogP contribution in [0.1, 0.15) is 12.8 Å². The Labute approximate surface area is 128 Å². The molecule has 0 heterocycles. The van der Waals surface area contributed by atoms with Crippen LogP contribution in [0.15, 0.2) is 23.1 Å².